The Labute approximate surface area is 201 Å². The molecule has 0 unspecified atom stereocenters. The van der Waals surface area contributed by atoms with Gasteiger partial charge < -0.3 is 19.9 Å². The highest BCUT2D eigenvalue weighted by molar-refractivity contribution is 6.06. The molecule has 174 valence electrons. The summed E-state index contributed by atoms with van der Waals surface area (Å²) in [6.07, 6.45) is 1.63. The van der Waals surface area contributed by atoms with E-state index in [1.807, 2.05) is 11.0 Å². The minimum Gasteiger partial charge on any atom is -0.462 e. The van der Waals surface area contributed by atoms with E-state index in [0.29, 0.717) is 17.9 Å². The quantitative estimate of drug-likeness (QED) is 0.390. The molecule has 2 aromatic carbocycles. The molecular formula is C25H29ClN4O3. The number of hydrogen-bond donors (Lipinski definition) is 1. The maximum atomic E-state index is 12.6. The molecule has 0 saturated carbocycles. The van der Waals surface area contributed by atoms with E-state index in [2.05, 4.69) is 42.3 Å². The summed E-state index contributed by atoms with van der Waals surface area (Å²) in [5.41, 5.74) is 4.73. The summed E-state index contributed by atoms with van der Waals surface area (Å²) in [4.78, 5) is 28.6. The first-order chi connectivity index (χ1) is 15.4. The van der Waals surface area contributed by atoms with Crippen LogP contribution in [0.4, 0.5) is 11.4 Å². The van der Waals surface area contributed by atoms with Gasteiger partial charge in [0.05, 0.1) is 12.2 Å². The highest BCUT2D eigenvalue weighted by Gasteiger charge is 2.19. The highest BCUT2D eigenvalue weighted by Crippen LogP contribution is 2.24. The largest absolute Gasteiger partial charge is 0.462 e. The topological polar surface area (TPSA) is 85.7 Å². The molecule has 1 amide bonds. The molecular weight excluding hydrogens is 440 g/mol. The molecule has 1 saturated heterocycles. The lowest BCUT2D eigenvalue weighted by atomic mass is 10.1. The fourth-order valence-corrected chi connectivity index (χ4v) is 3.59. The number of rotatable bonds is 6. The molecule has 1 heterocycles. The third-order valence-corrected chi connectivity index (χ3v) is 5.56. The molecule has 1 N–H and O–H groups in total. The Bertz CT molecular complexity index is 1050. The van der Waals surface area contributed by atoms with Gasteiger partial charge in [-0.1, -0.05) is 12.1 Å². The Kier molecular flexibility index (Phi) is 9.31. The molecule has 3 rings (SSSR count). The number of aryl methyl sites for hydroxylation is 1. The normalized spacial score (nSPS) is 13.6. The molecule has 33 heavy (non-hydrogen) atoms. The zero-order valence-electron chi connectivity index (χ0n) is 19.1. The maximum absolute atomic E-state index is 12.6. The average Bonchev–Trinajstić information content (AvgIpc) is 2.80. The van der Waals surface area contributed by atoms with Crippen LogP contribution in [0.15, 0.2) is 54.2 Å². The van der Waals surface area contributed by atoms with Gasteiger partial charge >= 0.3 is 5.97 Å². The molecule has 0 bridgehead atoms. The van der Waals surface area contributed by atoms with Crippen molar-refractivity contribution in [1.82, 2.24) is 4.90 Å². The van der Waals surface area contributed by atoms with E-state index in [1.165, 1.54) is 16.8 Å². The molecule has 1 aliphatic heterocycles. The number of anilines is 2. The SMILES string of the molecule is CCOC(=O)c1ccc(NC(=O)/C(C#N)=C\N2CCN(c3cccc(C)c3C)CC2)cc1.Cl. The molecule has 0 radical (unpaired) electrons. The van der Waals surface area contributed by atoms with Crippen LogP contribution < -0.4 is 10.2 Å². The number of nitriles is 1. The van der Waals surface area contributed by atoms with Crippen LogP contribution in [0.3, 0.4) is 0 Å². The Hall–Kier alpha value is -3.50. The van der Waals surface area contributed by atoms with E-state index in [-0.39, 0.29) is 18.0 Å². The number of ether oxygens (including phenoxy) is 1. The van der Waals surface area contributed by atoms with Crippen LogP contribution in [0.25, 0.3) is 0 Å². The number of carbonyl (C=O) groups is 2. The number of hydrogen-bond acceptors (Lipinski definition) is 6. The molecule has 1 aliphatic rings. The summed E-state index contributed by atoms with van der Waals surface area (Å²) in [7, 11) is 0. The van der Waals surface area contributed by atoms with Gasteiger partial charge in [0.2, 0.25) is 0 Å². The summed E-state index contributed by atoms with van der Waals surface area (Å²) < 4.78 is 4.95. The van der Waals surface area contributed by atoms with Crippen LogP contribution in [0.5, 0.6) is 0 Å². The number of halogens is 1. The first kappa shape index (κ1) is 25.8. The molecule has 2 aromatic rings. The number of carbonyl (C=O) groups excluding carboxylic acids is 2. The first-order valence-electron chi connectivity index (χ1n) is 10.7. The number of benzene rings is 2. The van der Waals surface area contributed by atoms with E-state index in [0.717, 1.165) is 26.2 Å². The van der Waals surface area contributed by atoms with Crippen molar-refractivity contribution in [2.45, 2.75) is 20.8 Å². The predicted octanol–water partition coefficient (Wildman–Crippen LogP) is 4.07. The van der Waals surface area contributed by atoms with Crippen LogP contribution in [0, 0.1) is 25.2 Å². The fraction of sp³-hybridized carbons (Fsp3) is 0.320. The van der Waals surface area contributed by atoms with E-state index in [9.17, 15) is 14.9 Å². The third-order valence-electron chi connectivity index (χ3n) is 5.56. The summed E-state index contributed by atoms with van der Waals surface area (Å²) >= 11 is 0. The van der Waals surface area contributed by atoms with Gasteiger partial charge in [0, 0.05) is 43.8 Å². The van der Waals surface area contributed by atoms with E-state index < -0.39 is 11.9 Å². The summed E-state index contributed by atoms with van der Waals surface area (Å²) in [5, 5.41) is 12.2. The predicted molar refractivity (Wildman–Crippen MR) is 132 cm³/mol. The van der Waals surface area contributed by atoms with Crippen molar-refractivity contribution >= 4 is 35.7 Å². The highest BCUT2D eigenvalue weighted by atomic mass is 35.5. The van der Waals surface area contributed by atoms with Crippen molar-refractivity contribution in [1.29, 1.82) is 5.26 Å². The van der Waals surface area contributed by atoms with Gasteiger partial charge in [0.1, 0.15) is 11.6 Å². The van der Waals surface area contributed by atoms with Gasteiger partial charge in [-0.15, -0.1) is 12.4 Å². The summed E-state index contributed by atoms with van der Waals surface area (Å²) in [5.74, 6) is -0.892. The van der Waals surface area contributed by atoms with Crippen molar-refractivity contribution in [3.63, 3.8) is 0 Å². The molecule has 0 aliphatic carbocycles. The van der Waals surface area contributed by atoms with Gasteiger partial charge in [-0.2, -0.15) is 5.26 Å². The molecule has 0 atom stereocenters. The number of nitrogens with zero attached hydrogens (tertiary/aromatic N) is 3. The van der Waals surface area contributed by atoms with Crippen molar-refractivity contribution in [2.24, 2.45) is 0 Å². The standard InChI is InChI=1S/C25H28N4O3.ClH/c1-4-32-25(31)20-8-10-22(11-9-20)27-24(30)21(16-26)17-28-12-14-29(15-13-28)23-7-5-6-18(2)19(23)3;/h5-11,17H,4,12-15H2,1-3H3,(H,27,30);1H/b21-17-;. The molecule has 7 nitrogen and oxygen atoms in total. The van der Waals surface area contributed by atoms with Gasteiger partial charge in [-0.25, -0.2) is 4.79 Å². The van der Waals surface area contributed by atoms with Crippen LogP contribution in [-0.2, 0) is 9.53 Å². The second-order valence-corrected chi connectivity index (χ2v) is 7.65. The number of amides is 1. The minimum absolute atomic E-state index is 0. The molecule has 0 spiro atoms. The summed E-state index contributed by atoms with van der Waals surface area (Å²) in [6, 6.07) is 14.7. The van der Waals surface area contributed by atoms with Crippen molar-refractivity contribution < 1.29 is 14.3 Å². The second kappa shape index (κ2) is 11.9. The van der Waals surface area contributed by atoms with Gasteiger partial charge in [0.25, 0.3) is 5.91 Å². The van der Waals surface area contributed by atoms with E-state index in [4.69, 9.17) is 4.74 Å². The zero-order valence-corrected chi connectivity index (χ0v) is 19.9. The Balaban J connectivity index is 0.00000385. The Morgan fingerprint density at radius 3 is 2.36 bits per heavy atom. The smallest absolute Gasteiger partial charge is 0.338 e. The van der Waals surface area contributed by atoms with Crippen LogP contribution >= 0.6 is 12.4 Å². The lowest BCUT2D eigenvalue weighted by molar-refractivity contribution is -0.112. The molecule has 1 fully saturated rings. The van der Waals surface area contributed by atoms with E-state index in [1.54, 1.807) is 37.4 Å². The monoisotopic (exact) mass is 468 g/mol. The van der Waals surface area contributed by atoms with Gasteiger partial charge in [-0.3, -0.25) is 4.79 Å². The van der Waals surface area contributed by atoms with Crippen LogP contribution in [0.1, 0.15) is 28.4 Å². The molecule has 8 heteroatoms. The second-order valence-electron chi connectivity index (χ2n) is 7.65. The van der Waals surface area contributed by atoms with Crippen LogP contribution in [-0.4, -0.2) is 49.6 Å². The zero-order chi connectivity index (χ0) is 23.1. The summed E-state index contributed by atoms with van der Waals surface area (Å²) in [6.45, 7) is 9.36. The van der Waals surface area contributed by atoms with Crippen molar-refractivity contribution in [3.05, 3.63) is 70.9 Å². The van der Waals surface area contributed by atoms with Gasteiger partial charge in [-0.05, 0) is 62.2 Å². The number of nitrogens with one attached hydrogen (secondary N) is 1. The Morgan fingerprint density at radius 1 is 1.09 bits per heavy atom. The van der Waals surface area contributed by atoms with E-state index >= 15 is 0 Å². The third kappa shape index (κ3) is 6.50. The van der Waals surface area contributed by atoms with Gasteiger partial charge in [0.15, 0.2) is 0 Å². The average molecular weight is 469 g/mol. The first-order valence-corrected chi connectivity index (χ1v) is 10.7. The lowest BCUT2D eigenvalue weighted by Crippen LogP contribution is -2.44. The maximum Gasteiger partial charge on any atom is 0.338 e. The fourth-order valence-electron chi connectivity index (χ4n) is 3.59. The van der Waals surface area contributed by atoms with Crippen LogP contribution in [0.2, 0.25) is 0 Å². The number of piperazine rings is 1. The van der Waals surface area contributed by atoms with Crippen molar-refractivity contribution in [2.75, 3.05) is 43.0 Å². The lowest BCUT2D eigenvalue weighted by Gasteiger charge is -2.36. The van der Waals surface area contributed by atoms with Crippen molar-refractivity contribution in [3.8, 4) is 6.07 Å². The number of esters is 1. The minimum atomic E-state index is -0.478. The molecule has 0 aromatic heterocycles. The Morgan fingerprint density at radius 2 is 1.76 bits per heavy atom.